The third kappa shape index (κ3) is 3.30. The fourth-order valence-corrected chi connectivity index (χ4v) is 3.27. The standard InChI is InChI=1S/C17H21FN2O2/c18-13-5-6-14-12(9-19-15(14)8-13)7-17(22)20-10-16(21)11-3-1-2-4-11/h5-6,8-9,11,16,19,21H,1-4,7,10H2,(H,20,22). The van der Waals surface area contributed by atoms with E-state index in [0.717, 1.165) is 23.8 Å². The minimum atomic E-state index is -0.455. The summed E-state index contributed by atoms with van der Waals surface area (Å²) >= 11 is 0. The van der Waals surface area contributed by atoms with Crippen LogP contribution in [0.15, 0.2) is 24.4 Å². The van der Waals surface area contributed by atoms with Crippen LogP contribution in [0.4, 0.5) is 4.39 Å². The van der Waals surface area contributed by atoms with E-state index in [4.69, 9.17) is 0 Å². The molecule has 1 aliphatic carbocycles. The molecule has 1 aromatic carbocycles. The minimum absolute atomic E-state index is 0.123. The van der Waals surface area contributed by atoms with E-state index < -0.39 is 6.10 Å². The normalized spacial score (nSPS) is 17.0. The van der Waals surface area contributed by atoms with Crippen LogP contribution >= 0.6 is 0 Å². The molecule has 0 bridgehead atoms. The molecule has 4 nitrogen and oxygen atoms in total. The predicted molar refractivity (Wildman–Crippen MR) is 82.9 cm³/mol. The summed E-state index contributed by atoms with van der Waals surface area (Å²) in [5, 5.41) is 13.7. The molecule has 0 radical (unpaired) electrons. The van der Waals surface area contributed by atoms with E-state index in [2.05, 4.69) is 10.3 Å². The van der Waals surface area contributed by atoms with Gasteiger partial charge >= 0.3 is 0 Å². The lowest BCUT2D eigenvalue weighted by Gasteiger charge is -2.17. The van der Waals surface area contributed by atoms with Gasteiger partial charge in [0.05, 0.1) is 12.5 Å². The van der Waals surface area contributed by atoms with E-state index >= 15 is 0 Å². The number of carbonyl (C=O) groups excluding carboxylic acids is 1. The van der Waals surface area contributed by atoms with Crippen LogP contribution in [-0.2, 0) is 11.2 Å². The maximum atomic E-state index is 13.1. The molecule has 0 aliphatic heterocycles. The van der Waals surface area contributed by atoms with E-state index in [-0.39, 0.29) is 18.1 Å². The van der Waals surface area contributed by atoms with E-state index in [1.165, 1.54) is 25.0 Å². The van der Waals surface area contributed by atoms with Gasteiger partial charge in [-0.1, -0.05) is 12.8 Å². The molecule has 1 unspecified atom stereocenters. The highest BCUT2D eigenvalue weighted by Gasteiger charge is 2.23. The summed E-state index contributed by atoms with van der Waals surface area (Å²) in [4.78, 5) is 15.0. The van der Waals surface area contributed by atoms with Crippen molar-refractivity contribution in [2.75, 3.05) is 6.54 Å². The summed E-state index contributed by atoms with van der Waals surface area (Å²) in [7, 11) is 0. The summed E-state index contributed by atoms with van der Waals surface area (Å²) in [6.45, 7) is 0.306. The average molecular weight is 304 g/mol. The Kier molecular flexibility index (Phi) is 4.43. The van der Waals surface area contributed by atoms with Crippen molar-refractivity contribution < 1.29 is 14.3 Å². The fraction of sp³-hybridized carbons (Fsp3) is 0.471. The van der Waals surface area contributed by atoms with Gasteiger partial charge in [0.1, 0.15) is 5.82 Å². The Balaban J connectivity index is 1.56. The second-order valence-corrected chi connectivity index (χ2v) is 6.10. The Bertz CT molecular complexity index is 662. The van der Waals surface area contributed by atoms with Gasteiger partial charge in [-0.25, -0.2) is 4.39 Å². The predicted octanol–water partition coefficient (Wildman–Crippen LogP) is 2.52. The number of hydrogen-bond donors (Lipinski definition) is 3. The number of fused-ring (bicyclic) bond motifs is 1. The number of aromatic nitrogens is 1. The second kappa shape index (κ2) is 6.48. The number of nitrogens with one attached hydrogen (secondary N) is 2. The molecule has 1 heterocycles. The summed E-state index contributed by atoms with van der Waals surface area (Å²) in [5.74, 6) is -0.108. The Morgan fingerprint density at radius 2 is 2.18 bits per heavy atom. The molecule has 3 N–H and O–H groups in total. The lowest BCUT2D eigenvalue weighted by Crippen LogP contribution is -2.36. The van der Waals surface area contributed by atoms with E-state index in [9.17, 15) is 14.3 Å². The first kappa shape index (κ1) is 15.0. The van der Waals surface area contributed by atoms with Gasteiger partial charge in [0, 0.05) is 23.6 Å². The van der Waals surface area contributed by atoms with Gasteiger partial charge in [-0.3, -0.25) is 4.79 Å². The van der Waals surface area contributed by atoms with Crippen LogP contribution in [0.1, 0.15) is 31.2 Å². The van der Waals surface area contributed by atoms with Crippen molar-refractivity contribution in [2.45, 2.75) is 38.2 Å². The van der Waals surface area contributed by atoms with Gasteiger partial charge in [-0.2, -0.15) is 0 Å². The number of rotatable bonds is 5. The van der Waals surface area contributed by atoms with Crippen LogP contribution in [0.3, 0.4) is 0 Å². The molecule has 1 atom stereocenters. The molecule has 1 saturated carbocycles. The van der Waals surface area contributed by atoms with Crippen molar-refractivity contribution in [2.24, 2.45) is 5.92 Å². The Morgan fingerprint density at radius 3 is 2.95 bits per heavy atom. The van der Waals surface area contributed by atoms with Gasteiger partial charge in [0.25, 0.3) is 0 Å². The van der Waals surface area contributed by atoms with Crippen molar-refractivity contribution >= 4 is 16.8 Å². The van der Waals surface area contributed by atoms with Crippen molar-refractivity contribution in [1.29, 1.82) is 0 Å². The lowest BCUT2D eigenvalue weighted by molar-refractivity contribution is -0.121. The highest BCUT2D eigenvalue weighted by Crippen LogP contribution is 2.27. The van der Waals surface area contributed by atoms with E-state index in [0.29, 0.717) is 18.0 Å². The molecule has 1 aliphatic rings. The highest BCUT2D eigenvalue weighted by molar-refractivity contribution is 5.88. The molecule has 118 valence electrons. The highest BCUT2D eigenvalue weighted by atomic mass is 19.1. The number of carbonyl (C=O) groups is 1. The number of hydrogen-bond acceptors (Lipinski definition) is 2. The zero-order valence-corrected chi connectivity index (χ0v) is 12.4. The molecule has 22 heavy (non-hydrogen) atoms. The number of aromatic amines is 1. The SMILES string of the molecule is O=C(Cc1c[nH]c2cc(F)ccc12)NCC(O)C1CCCC1. The zero-order chi connectivity index (χ0) is 15.5. The second-order valence-electron chi connectivity index (χ2n) is 6.10. The maximum Gasteiger partial charge on any atom is 0.224 e. The van der Waals surface area contributed by atoms with Crippen molar-refractivity contribution in [3.8, 4) is 0 Å². The quantitative estimate of drug-likeness (QED) is 0.794. The van der Waals surface area contributed by atoms with Gasteiger partial charge < -0.3 is 15.4 Å². The topological polar surface area (TPSA) is 65.1 Å². The number of aliphatic hydroxyl groups is 1. The number of amides is 1. The Labute approximate surface area is 128 Å². The first-order valence-electron chi connectivity index (χ1n) is 7.84. The molecule has 1 aromatic heterocycles. The molecular formula is C17H21FN2O2. The molecular weight excluding hydrogens is 283 g/mol. The first-order valence-corrected chi connectivity index (χ1v) is 7.84. The summed E-state index contributed by atoms with van der Waals surface area (Å²) in [5.41, 5.74) is 1.52. The summed E-state index contributed by atoms with van der Waals surface area (Å²) in [6, 6.07) is 4.49. The molecule has 0 saturated heterocycles. The molecule has 1 amide bonds. The van der Waals surface area contributed by atoms with Crippen LogP contribution in [0.5, 0.6) is 0 Å². The fourth-order valence-electron chi connectivity index (χ4n) is 3.27. The van der Waals surface area contributed by atoms with E-state index in [1.54, 1.807) is 12.3 Å². The molecule has 0 spiro atoms. The van der Waals surface area contributed by atoms with Crippen LogP contribution in [0.25, 0.3) is 10.9 Å². The maximum absolute atomic E-state index is 13.1. The minimum Gasteiger partial charge on any atom is -0.391 e. The number of aliphatic hydroxyl groups excluding tert-OH is 1. The summed E-state index contributed by atoms with van der Waals surface area (Å²) < 4.78 is 13.1. The average Bonchev–Trinajstić information content (AvgIpc) is 3.15. The van der Waals surface area contributed by atoms with Crippen molar-refractivity contribution in [1.82, 2.24) is 10.3 Å². The van der Waals surface area contributed by atoms with Crippen LogP contribution in [-0.4, -0.2) is 28.6 Å². The number of halogens is 1. The lowest BCUT2D eigenvalue weighted by atomic mass is 10.0. The molecule has 2 aromatic rings. The van der Waals surface area contributed by atoms with Gasteiger partial charge in [0.2, 0.25) is 5.91 Å². The number of H-pyrrole nitrogens is 1. The van der Waals surface area contributed by atoms with Crippen LogP contribution < -0.4 is 5.32 Å². The molecule has 5 heteroatoms. The first-order chi connectivity index (χ1) is 10.6. The largest absolute Gasteiger partial charge is 0.391 e. The van der Waals surface area contributed by atoms with Gasteiger partial charge in [-0.15, -0.1) is 0 Å². The molecule has 3 rings (SSSR count). The van der Waals surface area contributed by atoms with Gasteiger partial charge in [0.15, 0.2) is 0 Å². The van der Waals surface area contributed by atoms with Crippen molar-refractivity contribution in [3.63, 3.8) is 0 Å². The number of benzene rings is 1. The third-order valence-corrected chi connectivity index (χ3v) is 4.53. The Hall–Kier alpha value is -1.88. The van der Waals surface area contributed by atoms with Gasteiger partial charge in [-0.05, 0) is 42.5 Å². The molecule has 1 fully saturated rings. The monoisotopic (exact) mass is 304 g/mol. The van der Waals surface area contributed by atoms with Crippen LogP contribution in [0.2, 0.25) is 0 Å². The third-order valence-electron chi connectivity index (χ3n) is 4.53. The van der Waals surface area contributed by atoms with E-state index in [1.807, 2.05) is 0 Å². The van der Waals surface area contributed by atoms with Crippen molar-refractivity contribution in [3.05, 3.63) is 35.8 Å². The zero-order valence-electron chi connectivity index (χ0n) is 12.4. The Morgan fingerprint density at radius 1 is 1.41 bits per heavy atom. The smallest absolute Gasteiger partial charge is 0.224 e. The summed E-state index contributed by atoms with van der Waals surface area (Å²) in [6.07, 6.45) is 5.93. The van der Waals surface area contributed by atoms with Crippen LogP contribution in [0, 0.1) is 11.7 Å².